The van der Waals surface area contributed by atoms with Gasteiger partial charge in [0.25, 0.3) is 0 Å². The smallest absolute Gasteiger partial charge is 0.306 e. The summed E-state index contributed by atoms with van der Waals surface area (Å²) in [5.74, 6) is -0.230. The van der Waals surface area contributed by atoms with E-state index in [2.05, 4.69) is 62.5 Å². The van der Waals surface area contributed by atoms with Crippen molar-refractivity contribution in [3.63, 3.8) is 0 Å². The van der Waals surface area contributed by atoms with Gasteiger partial charge in [0.2, 0.25) is 0 Å². The molecule has 0 heterocycles. The van der Waals surface area contributed by atoms with Crippen LogP contribution in [0.25, 0.3) is 0 Å². The Morgan fingerprint density at radius 3 is 1.47 bits per heavy atom. The highest BCUT2D eigenvalue weighted by molar-refractivity contribution is 5.69. The summed E-state index contributed by atoms with van der Waals surface area (Å²) < 4.78 is 11.1. The van der Waals surface area contributed by atoms with E-state index in [0.29, 0.717) is 13.0 Å². The molecular weight excluding hydrogens is 580 g/mol. The molecule has 0 rings (SSSR count). The monoisotopic (exact) mass is 659 g/mol. The Morgan fingerprint density at radius 1 is 0.532 bits per heavy atom. The van der Waals surface area contributed by atoms with Gasteiger partial charge in [0.15, 0.2) is 0 Å². The number of allylic oxidation sites excluding steroid dienone is 8. The van der Waals surface area contributed by atoms with E-state index in [1.807, 2.05) is 0 Å². The number of carbonyl (C=O) groups is 1. The van der Waals surface area contributed by atoms with E-state index in [-0.39, 0.29) is 19.2 Å². The van der Waals surface area contributed by atoms with E-state index >= 15 is 0 Å². The van der Waals surface area contributed by atoms with Crippen molar-refractivity contribution in [2.24, 2.45) is 0 Å². The molecule has 0 aliphatic rings. The molecular formula is C43H78O4. The SMILES string of the molecule is CC/C=C\C/C=C\C/C=C\CCCCCC(=O)OC(CO)COCCCCCCCCCCCC/C=C\CCCCCCCCCC. The third kappa shape index (κ3) is 38.7. The lowest BCUT2D eigenvalue weighted by Crippen LogP contribution is -2.27. The first-order chi connectivity index (χ1) is 23.2. The Hall–Kier alpha value is -1.65. The van der Waals surface area contributed by atoms with E-state index in [4.69, 9.17) is 9.47 Å². The third-order valence-electron chi connectivity index (χ3n) is 8.64. The fourth-order valence-electron chi connectivity index (χ4n) is 5.63. The van der Waals surface area contributed by atoms with Gasteiger partial charge >= 0.3 is 5.97 Å². The normalized spacial score (nSPS) is 12.8. The molecule has 0 aromatic rings. The van der Waals surface area contributed by atoms with Gasteiger partial charge in [-0.2, -0.15) is 0 Å². The second kappa shape index (κ2) is 40.5. The summed E-state index contributed by atoms with van der Waals surface area (Å²) in [7, 11) is 0. The summed E-state index contributed by atoms with van der Waals surface area (Å²) in [5.41, 5.74) is 0. The number of unbranched alkanes of at least 4 members (excludes halogenated alkanes) is 21. The zero-order valence-corrected chi connectivity index (χ0v) is 31.3. The maximum absolute atomic E-state index is 12.1. The lowest BCUT2D eigenvalue weighted by atomic mass is 10.1. The Bertz CT molecular complexity index is 738. The quantitative estimate of drug-likeness (QED) is 0.0410. The molecule has 0 bridgehead atoms. The van der Waals surface area contributed by atoms with Gasteiger partial charge in [-0.05, 0) is 70.6 Å². The summed E-state index contributed by atoms with van der Waals surface area (Å²) in [6, 6.07) is 0. The number of carbonyl (C=O) groups excluding carboxylic acids is 1. The van der Waals surface area contributed by atoms with E-state index in [0.717, 1.165) is 51.4 Å². The zero-order valence-electron chi connectivity index (χ0n) is 31.3. The first-order valence-corrected chi connectivity index (χ1v) is 20.2. The molecule has 0 fully saturated rings. The summed E-state index contributed by atoms with van der Waals surface area (Å²) in [5, 5.41) is 9.57. The Morgan fingerprint density at radius 2 is 0.957 bits per heavy atom. The van der Waals surface area contributed by atoms with Crippen LogP contribution in [0.15, 0.2) is 48.6 Å². The number of ether oxygens (including phenoxy) is 2. The molecule has 1 unspecified atom stereocenters. The van der Waals surface area contributed by atoms with Crippen LogP contribution in [0.1, 0.15) is 194 Å². The number of aliphatic hydroxyl groups is 1. The predicted octanol–water partition coefficient (Wildman–Crippen LogP) is 13.1. The van der Waals surface area contributed by atoms with Gasteiger partial charge in [-0.3, -0.25) is 4.79 Å². The fraction of sp³-hybridized carbons (Fsp3) is 0.791. The minimum absolute atomic E-state index is 0.185. The highest BCUT2D eigenvalue weighted by Crippen LogP contribution is 2.13. The average molecular weight is 659 g/mol. The van der Waals surface area contributed by atoms with Crippen molar-refractivity contribution in [3.8, 4) is 0 Å². The van der Waals surface area contributed by atoms with E-state index < -0.39 is 6.10 Å². The summed E-state index contributed by atoms with van der Waals surface area (Å²) in [6.07, 6.45) is 51.7. The second-order valence-corrected chi connectivity index (χ2v) is 13.3. The molecule has 0 aromatic carbocycles. The zero-order chi connectivity index (χ0) is 34.1. The lowest BCUT2D eigenvalue weighted by molar-refractivity contribution is -0.154. The number of esters is 1. The van der Waals surface area contributed by atoms with Crippen molar-refractivity contribution in [3.05, 3.63) is 48.6 Å². The van der Waals surface area contributed by atoms with Crippen LogP contribution in [0.4, 0.5) is 0 Å². The second-order valence-electron chi connectivity index (χ2n) is 13.3. The molecule has 0 saturated carbocycles. The molecule has 0 spiro atoms. The first-order valence-electron chi connectivity index (χ1n) is 20.2. The van der Waals surface area contributed by atoms with E-state index in [1.54, 1.807) is 0 Å². The van der Waals surface area contributed by atoms with Crippen LogP contribution in [0, 0.1) is 0 Å². The molecule has 0 aromatic heterocycles. The van der Waals surface area contributed by atoms with Gasteiger partial charge in [0.05, 0.1) is 13.2 Å². The number of rotatable bonds is 37. The number of hydrogen-bond donors (Lipinski definition) is 1. The van der Waals surface area contributed by atoms with Crippen LogP contribution in [-0.2, 0) is 14.3 Å². The molecule has 1 N–H and O–H groups in total. The van der Waals surface area contributed by atoms with Crippen molar-refractivity contribution >= 4 is 5.97 Å². The third-order valence-corrected chi connectivity index (χ3v) is 8.64. The van der Waals surface area contributed by atoms with Gasteiger partial charge in [0, 0.05) is 13.0 Å². The molecule has 274 valence electrons. The van der Waals surface area contributed by atoms with Crippen molar-refractivity contribution in [2.75, 3.05) is 19.8 Å². The number of hydrogen-bond acceptors (Lipinski definition) is 4. The number of aliphatic hydroxyl groups excluding tert-OH is 1. The Balaban J connectivity index is 3.43. The fourth-order valence-corrected chi connectivity index (χ4v) is 5.63. The Kier molecular flexibility index (Phi) is 39.1. The molecule has 0 radical (unpaired) electrons. The summed E-state index contributed by atoms with van der Waals surface area (Å²) >= 11 is 0. The van der Waals surface area contributed by atoms with Crippen molar-refractivity contribution in [1.82, 2.24) is 0 Å². The topological polar surface area (TPSA) is 55.8 Å². The molecule has 4 nitrogen and oxygen atoms in total. The molecule has 0 saturated heterocycles. The van der Waals surface area contributed by atoms with Gasteiger partial charge in [-0.15, -0.1) is 0 Å². The predicted molar refractivity (Wildman–Crippen MR) is 205 cm³/mol. The molecule has 0 amide bonds. The minimum Gasteiger partial charge on any atom is -0.457 e. The Labute approximate surface area is 292 Å². The van der Waals surface area contributed by atoms with Crippen molar-refractivity contribution in [2.45, 2.75) is 200 Å². The van der Waals surface area contributed by atoms with Gasteiger partial charge in [0.1, 0.15) is 6.10 Å². The van der Waals surface area contributed by atoms with Crippen molar-refractivity contribution in [1.29, 1.82) is 0 Å². The van der Waals surface area contributed by atoms with Crippen LogP contribution >= 0.6 is 0 Å². The standard InChI is InChI=1S/C43H78O4/c1-3-5-7-9-11-13-15-17-18-19-20-21-22-23-24-25-27-29-31-33-35-37-39-46-41-42(40-44)47-43(45)38-36-34-32-30-28-26-16-14-12-10-8-6-4-2/h6,8,12,14,19-20,26,28,42,44H,3-5,7,9-11,13,15-18,21-25,27,29-41H2,1-2H3/b8-6-,14-12-,20-19-,28-26-. The molecule has 0 aliphatic heterocycles. The molecule has 4 heteroatoms. The van der Waals surface area contributed by atoms with E-state index in [1.165, 1.54) is 122 Å². The average Bonchev–Trinajstić information content (AvgIpc) is 3.08. The lowest BCUT2D eigenvalue weighted by Gasteiger charge is -2.15. The van der Waals surface area contributed by atoms with Crippen LogP contribution in [-0.4, -0.2) is 37.0 Å². The molecule has 1 atom stereocenters. The highest BCUT2D eigenvalue weighted by atomic mass is 16.6. The van der Waals surface area contributed by atoms with Crippen LogP contribution in [0.3, 0.4) is 0 Å². The summed E-state index contributed by atoms with van der Waals surface area (Å²) in [4.78, 5) is 12.1. The first kappa shape index (κ1) is 45.3. The van der Waals surface area contributed by atoms with Gasteiger partial charge in [-0.1, -0.05) is 165 Å². The van der Waals surface area contributed by atoms with Crippen LogP contribution in [0.5, 0.6) is 0 Å². The van der Waals surface area contributed by atoms with E-state index in [9.17, 15) is 9.90 Å². The minimum atomic E-state index is -0.549. The van der Waals surface area contributed by atoms with Crippen molar-refractivity contribution < 1.29 is 19.4 Å². The molecule has 47 heavy (non-hydrogen) atoms. The van der Waals surface area contributed by atoms with Crippen LogP contribution < -0.4 is 0 Å². The largest absolute Gasteiger partial charge is 0.457 e. The summed E-state index contributed by atoms with van der Waals surface area (Å²) in [6.45, 7) is 5.20. The van der Waals surface area contributed by atoms with Gasteiger partial charge < -0.3 is 14.6 Å². The molecule has 0 aliphatic carbocycles. The maximum atomic E-state index is 12.1. The highest BCUT2D eigenvalue weighted by Gasteiger charge is 2.13. The van der Waals surface area contributed by atoms with Crippen LogP contribution in [0.2, 0.25) is 0 Å². The van der Waals surface area contributed by atoms with Gasteiger partial charge in [-0.25, -0.2) is 0 Å². The maximum Gasteiger partial charge on any atom is 0.306 e.